The minimum atomic E-state index is -0.272. The first-order valence-electron chi connectivity index (χ1n) is 9.76. The van der Waals surface area contributed by atoms with Gasteiger partial charge in [-0.3, -0.25) is 9.59 Å². The summed E-state index contributed by atoms with van der Waals surface area (Å²) in [6.07, 6.45) is 5.49. The molecule has 1 aromatic heterocycles. The third kappa shape index (κ3) is 4.18. The molecule has 1 aromatic rings. The van der Waals surface area contributed by atoms with E-state index in [4.69, 9.17) is 4.74 Å². The molecule has 1 unspecified atom stereocenters. The molecule has 0 radical (unpaired) electrons. The Hall–Kier alpha value is -1.66. The van der Waals surface area contributed by atoms with Crippen LogP contribution in [0.15, 0.2) is 17.1 Å². The van der Waals surface area contributed by atoms with Crippen molar-refractivity contribution in [2.24, 2.45) is 5.92 Å². The van der Waals surface area contributed by atoms with E-state index < -0.39 is 0 Å². The van der Waals surface area contributed by atoms with E-state index >= 15 is 0 Å². The van der Waals surface area contributed by atoms with Crippen LogP contribution in [0.25, 0.3) is 0 Å². The molecule has 6 nitrogen and oxygen atoms in total. The number of piperidine rings is 1. The summed E-state index contributed by atoms with van der Waals surface area (Å²) in [5.74, 6) is 0.239. The van der Waals surface area contributed by atoms with Crippen molar-refractivity contribution in [1.82, 2.24) is 15.2 Å². The first-order chi connectivity index (χ1) is 12.4. The molecule has 26 heavy (non-hydrogen) atoms. The Bertz CT molecular complexity index is 705. The first-order valence-corrected chi connectivity index (χ1v) is 9.76. The Kier molecular flexibility index (Phi) is 5.82. The highest BCUT2D eigenvalue weighted by atomic mass is 16.5. The molecule has 144 valence electrons. The second-order valence-electron chi connectivity index (χ2n) is 8.17. The number of nitrogens with zero attached hydrogens (tertiary/aromatic N) is 1. The number of rotatable bonds is 5. The van der Waals surface area contributed by atoms with Gasteiger partial charge in [-0.05, 0) is 63.2 Å². The average Bonchev–Trinajstić information content (AvgIpc) is 2.96. The number of carbonyl (C=O) groups excluding carboxylic acids is 1. The minimum Gasteiger partial charge on any atom is -0.373 e. The van der Waals surface area contributed by atoms with Crippen LogP contribution in [0.4, 0.5) is 0 Å². The van der Waals surface area contributed by atoms with E-state index in [0.717, 1.165) is 44.3 Å². The van der Waals surface area contributed by atoms with Gasteiger partial charge in [-0.25, -0.2) is 0 Å². The van der Waals surface area contributed by atoms with Gasteiger partial charge in [0.2, 0.25) is 0 Å². The van der Waals surface area contributed by atoms with Crippen LogP contribution in [0.2, 0.25) is 0 Å². The monoisotopic (exact) mass is 361 g/mol. The van der Waals surface area contributed by atoms with Crippen LogP contribution in [-0.4, -0.2) is 41.8 Å². The summed E-state index contributed by atoms with van der Waals surface area (Å²) in [4.78, 5) is 25.6. The summed E-state index contributed by atoms with van der Waals surface area (Å²) in [5.41, 5.74) is 0.691. The van der Waals surface area contributed by atoms with Crippen LogP contribution in [0, 0.1) is 12.8 Å². The molecule has 2 N–H and O–H groups in total. The maximum absolute atomic E-state index is 12.8. The second kappa shape index (κ2) is 7.92. The van der Waals surface area contributed by atoms with Crippen LogP contribution in [0.1, 0.15) is 55.5 Å². The molecule has 2 fully saturated rings. The zero-order chi connectivity index (χ0) is 18.7. The van der Waals surface area contributed by atoms with Crippen LogP contribution < -0.4 is 16.2 Å². The van der Waals surface area contributed by atoms with E-state index in [1.54, 1.807) is 10.8 Å². The minimum absolute atomic E-state index is 0.0243. The van der Waals surface area contributed by atoms with Gasteiger partial charge in [0.25, 0.3) is 11.5 Å². The molecule has 2 aliphatic heterocycles. The van der Waals surface area contributed by atoms with Crippen molar-refractivity contribution in [1.29, 1.82) is 0 Å². The fraction of sp³-hybridized carbons (Fsp3) is 0.700. The van der Waals surface area contributed by atoms with Gasteiger partial charge in [-0.15, -0.1) is 0 Å². The third-order valence-corrected chi connectivity index (χ3v) is 5.61. The molecule has 3 heterocycles. The van der Waals surface area contributed by atoms with Crippen molar-refractivity contribution >= 4 is 5.91 Å². The lowest BCUT2D eigenvalue weighted by Gasteiger charge is -2.32. The molecular formula is C20H31N3O3. The van der Waals surface area contributed by atoms with E-state index in [0.29, 0.717) is 19.1 Å². The van der Waals surface area contributed by atoms with Crippen LogP contribution in [-0.2, 0) is 11.3 Å². The fourth-order valence-electron chi connectivity index (χ4n) is 3.94. The molecule has 1 spiro atoms. The molecular weight excluding hydrogens is 330 g/mol. The van der Waals surface area contributed by atoms with Crippen LogP contribution >= 0.6 is 0 Å². The lowest BCUT2D eigenvalue weighted by Crippen LogP contribution is -2.43. The lowest BCUT2D eigenvalue weighted by atomic mass is 9.88. The highest BCUT2D eigenvalue weighted by molar-refractivity contribution is 5.95. The van der Waals surface area contributed by atoms with Crippen molar-refractivity contribution in [3.05, 3.63) is 33.7 Å². The summed E-state index contributed by atoms with van der Waals surface area (Å²) in [7, 11) is 0. The zero-order valence-corrected chi connectivity index (χ0v) is 16.1. The summed E-state index contributed by atoms with van der Waals surface area (Å²) in [6, 6.07) is 1.83. The van der Waals surface area contributed by atoms with Gasteiger partial charge in [-0.1, -0.05) is 13.8 Å². The Morgan fingerprint density at radius 1 is 1.42 bits per heavy atom. The number of amides is 1. The molecule has 0 bridgehead atoms. The van der Waals surface area contributed by atoms with Crippen LogP contribution in [0.3, 0.4) is 0 Å². The van der Waals surface area contributed by atoms with Crippen molar-refractivity contribution in [3.8, 4) is 0 Å². The quantitative estimate of drug-likeness (QED) is 0.839. The predicted molar refractivity (Wildman–Crippen MR) is 102 cm³/mol. The molecule has 0 aliphatic carbocycles. The molecule has 0 saturated carbocycles. The number of pyridine rings is 1. The standard InChI is InChI=1S/C20H31N3O3/c1-14(2)4-10-23-11-5-15(3)17(19(23)25)18(24)22-16-12-20(26-13-16)6-8-21-9-7-20/h5,11,14,16,21H,4,6-10,12-13H2,1-3H3,(H,22,24). The molecule has 2 saturated heterocycles. The molecule has 6 heteroatoms. The fourth-order valence-corrected chi connectivity index (χ4v) is 3.94. The molecule has 2 aliphatic rings. The Labute approximate surface area is 155 Å². The normalized spacial score (nSPS) is 22.1. The Morgan fingerprint density at radius 2 is 2.15 bits per heavy atom. The van der Waals surface area contributed by atoms with Crippen molar-refractivity contribution in [3.63, 3.8) is 0 Å². The van der Waals surface area contributed by atoms with Crippen molar-refractivity contribution in [2.75, 3.05) is 19.7 Å². The van der Waals surface area contributed by atoms with E-state index in [9.17, 15) is 9.59 Å². The Morgan fingerprint density at radius 3 is 2.85 bits per heavy atom. The topological polar surface area (TPSA) is 72.4 Å². The number of carbonyl (C=O) groups is 1. The third-order valence-electron chi connectivity index (χ3n) is 5.61. The zero-order valence-electron chi connectivity index (χ0n) is 16.1. The van der Waals surface area contributed by atoms with Crippen molar-refractivity contribution < 1.29 is 9.53 Å². The highest BCUT2D eigenvalue weighted by Crippen LogP contribution is 2.33. The second-order valence-corrected chi connectivity index (χ2v) is 8.17. The Balaban J connectivity index is 1.70. The van der Waals surface area contributed by atoms with Gasteiger partial charge >= 0.3 is 0 Å². The maximum atomic E-state index is 12.8. The summed E-state index contributed by atoms with van der Waals surface area (Å²) < 4.78 is 7.70. The van der Waals surface area contributed by atoms with Gasteiger partial charge in [0.1, 0.15) is 5.56 Å². The SMILES string of the molecule is Cc1ccn(CCC(C)C)c(=O)c1C(=O)NC1COC2(CCNCC2)C1. The highest BCUT2D eigenvalue weighted by Gasteiger charge is 2.41. The first kappa shape index (κ1) is 19.1. The number of nitrogens with one attached hydrogen (secondary N) is 2. The summed E-state index contributed by atoms with van der Waals surface area (Å²) in [6.45, 7) is 9.16. The molecule has 1 atom stereocenters. The van der Waals surface area contributed by atoms with Gasteiger partial charge in [0, 0.05) is 12.7 Å². The van der Waals surface area contributed by atoms with E-state index in [2.05, 4.69) is 24.5 Å². The molecule has 0 aromatic carbocycles. The van der Waals surface area contributed by atoms with Crippen LogP contribution in [0.5, 0.6) is 0 Å². The number of aromatic nitrogens is 1. The maximum Gasteiger partial charge on any atom is 0.263 e. The van der Waals surface area contributed by atoms with Crippen molar-refractivity contribution in [2.45, 2.75) is 64.6 Å². The number of hydrogen-bond donors (Lipinski definition) is 2. The molecule has 1 amide bonds. The number of ether oxygens (including phenoxy) is 1. The lowest BCUT2D eigenvalue weighted by molar-refractivity contribution is -0.0194. The average molecular weight is 361 g/mol. The molecule has 3 rings (SSSR count). The van der Waals surface area contributed by atoms with E-state index in [1.165, 1.54) is 0 Å². The van der Waals surface area contributed by atoms with E-state index in [-0.39, 0.29) is 28.7 Å². The largest absolute Gasteiger partial charge is 0.373 e. The number of hydrogen-bond acceptors (Lipinski definition) is 4. The van der Waals surface area contributed by atoms with Gasteiger partial charge in [0.05, 0.1) is 18.2 Å². The van der Waals surface area contributed by atoms with E-state index in [1.807, 2.05) is 13.0 Å². The van der Waals surface area contributed by atoms with Gasteiger partial charge < -0.3 is 19.9 Å². The van der Waals surface area contributed by atoms with Gasteiger partial charge in [0.15, 0.2) is 0 Å². The number of aryl methyl sites for hydroxylation is 2. The van der Waals surface area contributed by atoms with Gasteiger partial charge in [-0.2, -0.15) is 0 Å². The summed E-state index contributed by atoms with van der Waals surface area (Å²) >= 11 is 0. The smallest absolute Gasteiger partial charge is 0.263 e. The summed E-state index contributed by atoms with van der Waals surface area (Å²) in [5, 5.41) is 6.39. The predicted octanol–water partition coefficient (Wildman–Crippen LogP) is 1.84.